The van der Waals surface area contributed by atoms with E-state index in [0.29, 0.717) is 45.7 Å². The van der Waals surface area contributed by atoms with Gasteiger partial charge < -0.3 is 9.64 Å². The van der Waals surface area contributed by atoms with Crippen molar-refractivity contribution in [1.82, 2.24) is 9.21 Å². The smallest absolute Gasteiger partial charge is 0.226 e. The predicted octanol–water partition coefficient (Wildman–Crippen LogP) is -0.0947. The van der Waals surface area contributed by atoms with E-state index in [4.69, 9.17) is 4.74 Å². The standard InChI is InChI=1S/C12H22N2O4S/c1-10-9-18-8-7-14(10)12(15)11-3-5-13(6-4-11)19(2,16)17/h10-11H,3-9H2,1-2H3. The van der Waals surface area contributed by atoms with Gasteiger partial charge in [-0.15, -0.1) is 0 Å². The molecular formula is C12H22N2O4S. The highest BCUT2D eigenvalue weighted by atomic mass is 32.2. The van der Waals surface area contributed by atoms with Crippen molar-refractivity contribution in [2.45, 2.75) is 25.8 Å². The molecule has 0 spiro atoms. The molecule has 2 aliphatic heterocycles. The van der Waals surface area contributed by atoms with E-state index in [2.05, 4.69) is 0 Å². The minimum absolute atomic E-state index is 0.0430. The molecule has 0 aliphatic carbocycles. The van der Waals surface area contributed by atoms with Gasteiger partial charge in [-0.1, -0.05) is 0 Å². The quantitative estimate of drug-likeness (QED) is 0.712. The average Bonchev–Trinajstić information content (AvgIpc) is 2.38. The number of ether oxygens (including phenoxy) is 1. The van der Waals surface area contributed by atoms with Gasteiger partial charge in [0.1, 0.15) is 0 Å². The first kappa shape index (κ1) is 14.7. The third-order valence-electron chi connectivity index (χ3n) is 3.92. The van der Waals surface area contributed by atoms with Crippen LogP contribution in [-0.4, -0.2) is 68.7 Å². The monoisotopic (exact) mass is 290 g/mol. The van der Waals surface area contributed by atoms with Crippen LogP contribution in [0, 0.1) is 5.92 Å². The lowest BCUT2D eigenvalue weighted by molar-refractivity contribution is -0.144. The summed E-state index contributed by atoms with van der Waals surface area (Å²) in [5.74, 6) is 0.113. The highest BCUT2D eigenvalue weighted by molar-refractivity contribution is 7.88. The van der Waals surface area contributed by atoms with Crippen molar-refractivity contribution >= 4 is 15.9 Å². The van der Waals surface area contributed by atoms with Gasteiger partial charge in [0.25, 0.3) is 0 Å². The Morgan fingerprint density at radius 1 is 1.21 bits per heavy atom. The number of carbonyl (C=O) groups is 1. The summed E-state index contributed by atoms with van der Waals surface area (Å²) in [6.07, 6.45) is 2.46. The number of rotatable bonds is 2. The molecule has 2 heterocycles. The fourth-order valence-electron chi connectivity index (χ4n) is 2.72. The first-order chi connectivity index (χ1) is 8.89. The van der Waals surface area contributed by atoms with Crippen molar-refractivity contribution in [2.75, 3.05) is 39.1 Å². The molecule has 1 atom stereocenters. The van der Waals surface area contributed by atoms with E-state index in [9.17, 15) is 13.2 Å². The van der Waals surface area contributed by atoms with Gasteiger partial charge in [-0.05, 0) is 19.8 Å². The maximum absolute atomic E-state index is 12.4. The second kappa shape index (κ2) is 5.76. The van der Waals surface area contributed by atoms with E-state index < -0.39 is 10.0 Å². The van der Waals surface area contributed by atoms with Gasteiger partial charge in [-0.3, -0.25) is 4.79 Å². The van der Waals surface area contributed by atoms with Gasteiger partial charge in [0.05, 0.1) is 25.5 Å². The third kappa shape index (κ3) is 3.46. The van der Waals surface area contributed by atoms with E-state index in [1.165, 1.54) is 10.6 Å². The molecule has 0 bridgehead atoms. The van der Waals surface area contributed by atoms with Crippen molar-refractivity contribution in [2.24, 2.45) is 5.92 Å². The van der Waals surface area contributed by atoms with Crippen LogP contribution in [0.2, 0.25) is 0 Å². The number of hydrogen-bond acceptors (Lipinski definition) is 4. The molecule has 1 amide bonds. The van der Waals surface area contributed by atoms with E-state index in [-0.39, 0.29) is 17.9 Å². The summed E-state index contributed by atoms with van der Waals surface area (Å²) in [5.41, 5.74) is 0. The zero-order valence-corrected chi connectivity index (χ0v) is 12.4. The topological polar surface area (TPSA) is 66.9 Å². The van der Waals surface area contributed by atoms with Crippen molar-refractivity contribution in [3.05, 3.63) is 0 Å². The van der Waals surface area contributed by atoms with E-state index >= 15 is 0 Å². The van der Waals surface area contributed by atoms with Gasteiger partial charge in [-0.2, -0.15) is 0 Å². The first-order valence-electron chi connectivity index (χ1n) is 6.73. The Hall–Kier alpha value is -0.660. The third-order valence-corrected chi connectivity index (χ3v) is 5.23. The lowest BCUT2D eigenvalue weighted by Crippen LogP contribution is -2.51. The summed E-state index contributed by atoms with van der Waals surface area (Å²) in [4.78, 5) is 14.3. The highest BCUT2D eigenvalue weighted by Gasteiger charge is 2.33. The molecule has 110 valence electrons. The van der Waals surface area contributed by atoms with E-state index in [1.54, 1.807) is 0 Å². The van der Waals surface area contributed by atoms with Crippen LogP contribution in [-0.2, 0) is 19.6 Å². The minimum atomic E-state index is -3.12. The Bertz CT molecular complexity index is 429. The van der Waals surface area contributed by atoms with Crippen LogP contribution in [0.3, 0.4) is 0 Å². The number of piperidine rings is 1. The Kier molecular flexibility index (Phi) is 4.47. The molecule has 2 fully saturated rings. The van der Waals surface area contributed by atoms with Crippen molar-refractivity contribution in [3.8, 4) is 0 Å². The second-order valence-electron chi connectivity index (χ2n) is 5.39. The summed E-state index contributed by atoms with van der Waals surface area (Å²) in [6.45, 7) is 4.73. The summed E-state index contributed by atoms with van der Waals surface area (Å²) < 4.78 is 29.6. The highest BCUT2D eigenvalue weighted by Crippen LogP contribution is 2.23. The van der Waals surface area contributed by atoms with Gasteiger partial charge in [0, 0.05) is 25.6 Å². The van der Waals surface area contributed by atoms with Gasteiger partial charge in [0.15, 0.2) is 0 Å². The summed E-state index contributed by atoms with van der Waals surface area (Å²) in [5, 5.41) is 0. The van der Waals surface area contributed by atoms with Crippen LogP contribution in [0.5, 0.6) is 0 Å². The Morgan fingerprint density at radius 3 is 2.37 bits per heavy atom. The van der Waals surface area contributed by atoms with Gasteiger partial charge in [-0.25, -0.2) is 12.7 Å². The van der Waals surface area contributed by atoms with Crippen molar-refractivity contribution < 1.29 is 17.9 Å². The van der Waals surface area contributed by atoms with Crippen molar-refractivity contribution in [3.63, 3.8) is 0 Å². The van der Waals surface area contributed by atoms with E-state index in [1.807, 2.05) is 11.8 Å². The Labute approximate surface area is 114 Å². The number of hydrogen-bond donors (Lipinski definition) is 0. The normalized spacial score (nSPS) is 27.5. The average molecular weight is 290 g/mol. The number of sulfonamides is 1. The molecule has 2 saturated heterocycles. The first-order valence-corrected chi connectivity index (χ1v) is 8.58. The maximum Gasteiger partial charge on any atom is 0.226 e. The largest absolute Gasteiger partial charge is 0.377 e. The van der Waals surface area contributed by atoms with Crippen LogP contribution in [0.1, 0.15) is 19.8 Å². The fraction of sp³-hybridized carbons (Fsp3) is 0.917. The Balaban J connectivity index is 1.92. The zero-order chi connectivity index (χ0) is 14.0. The lowest BCUT2D eigenvalue weighted by Gasteiger charge is -2.38. The van der Waals surface area contributed by atoms with Crippen LogP contribution in [0.4, 0.5) is 0 Å². The molecule has 6 nitrogen and oxygen atoms in total. The predicted molar refractivity (Wildman–Crippen MR) is 71.1 cm³/mol. The molecule has 0 radical (unpaired) electrons. The molecule has 7 heteroatoms. The molecular weight excluding hydrogens is 268 g/mol. The summed E-state index contributed by atoms with van der Waals surface area (Å²) in [7, 11) is -3.12. The summed E-state index contributed by atoms with van der Waals surface area (Å²) >= 11 is 0. The molecule has 1 unspecified atom stereocenters. The van der Waals surface area contributed by atoms with E-state index in [0.717, 1.165) is 0 Å². The maximum atomic E-state index is 12.4. The SMILES string of the molecule is CC1COCCN1C(=O)C1CCN(S(C)(=O)=O)CC1. The molecule has 0 N–H and O–H groups in total. The minimum Gasteiger partial charge on any atom is -0.377 e. The Morgan fingerprint density at radius 2 is 1.84 bits per heavy atom. The molecule has 0 aromatic carbocycles. The number of morpholine rings is 1. The number of carbonyl (C=O) groups excluding carboxylic acids is 1. The molecule has 0 aromatic rings. The van der Waals surface area contributed by atoms with Crippen LogP contribution in [0.15, 0.2) is 0 Å². The van der Waals surface area contributed by atoms with Crippen molar-refractivity contribution in [1.29, 1.82) is 0 Å². The zero-order valence-electron chi connectivity index (χ0n) is 11.5. The molecule has 19 heavy (non-hydrogen) atoms. The lowest BCUT2D eigenvalue weighted by atomic mass is 9.96. The number of nitrogens with zero attached hydrogens (tertiary/aromatic N) is 2. The second-order valence-corrected chi connectivity index (χ2v) is 7.37. The molecule has 0 saturated carbocycles. The molecule has 2 aliphatic rings. The fourth-order valence-corrected chi connectivity index (χ4v) is 3.60. The molecule has 2 rings (SSSR count). The molecule has 0 aromatic heterocycles. The van der Waals surface area contributed by atoms with Crippen LogP contribution >= 0.6 is 0 Å². The van der Waals surface area contributed by atoms with Gasteiger partial charge >= 0.3 is 0 Å². The van der Waals surface area contributed by atoms with Gasteiger partial charge in [0.2, 0.25) is 15.9 Å². The van der Waals surface area contributed by atoms with Crippen LogP contribution in [0.25, 0.3) is 0 Å². The summed E-state index contributed by atoms with van der Waals surface area (Å²) in [6, 6.07) is 0.120. The van der Waals surface area contributed by atoms with Crippen LogP contribution < -0.4 is 0 Å². The number of amides is 1.